The minimum atomic E-state index is 0.0957. The quantitative estimate of drug-likeness (QED) is 0.459. The molecule has 0 aliphatic heterocycles. The van der Waals surface area contributed by atoms with Crippen molar-refractivity contribution in [3.63, 3.8) is 0 Å². The van der Waals surface area contributed by atoms with Crippen LogP contribution in [0.15, 0.2) is 11.8 Å². The Morgan fingerprint density at radius 1 is 1.54 bits per heavy atom. The van der Waals surface area contributed by atoms with Crippen LogP contribution in [0.1, 0.15) is 27.2 Å². The summed E-state index contributed by atoms with van der Waals surface area (Å²) in [6.45, 7) is 6.37. The summed E-state index contributed by atoms with van der Waals surface area (Å²) in [5.41, 5.74) is 0.863. The van der Waals surface area contributed by atoms with Gasteiger partial charge in [-0.1, -0.05) is 20.8 Å². The van der Waals surface area contributed by atoms with Crippen LogP contribution in [0, 0.1) is 23.2 Å². The summed E-state index contributed by atoms with van der Waals surface area (Å²) >= 11 is 0. The molecule has 3 atom stereocenters. The molecule has 3 aliphatic rings. The minimum Gasteiger partial charge on any atom is -0.515 e. The van der Waals surface area contributed by atoms with Crippen molar-refractivity contribution in [2.75, 3.05) is 0 Å². The van der Waals surface area contributed by atoms with Crippen molar-refractivity contribution < 1.29 is 9.90 Å². The third-order valence-electron chi connectivity index (χ3n) is 4.16. The highest BCUT2D eigenvalue weighted by atomic mass is 16.2. The summed E-state index contributed by atoms with van der Waals surface area (Å²) in [7, 11) is 0. The maximum Gasteiger partial charge on any atom is 0.165 e. The molecule has 3 saturated carbocycles. The maximum atomic E-state index is 11.7. The fourth-order valence-corrected chi connectivity index (χ4v) is 3.11. The van der Waals surface area contributed by atoms with Crippen molar-refractivity contribution in [2.45, 2.75) is 27.2 Å². The Morgan fingerprint density at radius 2 is 2.15 bits per heavy atom. The smallest absolute Gasteiger partial charge is 0.165 e. The van der Waals surface area contributed by atoms with Crippen LogP contribution in [0.4, 0.5) is 0 Å². The number of fused-ring (bicyclic) bond motifs is 2. The highest BCUT2D eigenvalue weighted by Gasteiger charge is 2.58. The van der Waals surface area contributed by atoms with E-state index >= 15 is 0 Å². The molecule has 0 aromatic heterocycles. The van der Waals surface area contributed by atoms with Crippen molar-refractivity contribution >= 4 is 5.78 Å². The van der Waals surface area contributed by atoms with Crippen LogP contribution in [0.5, 0.6) is 0 Å². The molecule has 3 aliphatic carbocycles. The second kappa shape index (κ2) is 2.37. The van der Waals surface area contributed by atoms with Gasteiger partial charge >= 0.3 is 0 Å². The molecule has 2 nitrogen and oxygen atoms in total. The fraction of sp³-hybridized carbons (Fsp3) is 0.727. The summed E-state index contributed by atoms with van der Waals surface area (Å²) in [4.78, 5) is 11.7. The van der Waals surface area contributed by atoms with E-state index in [1.807, 2.05) is 6.92 Å². The molecular weight excluding hydrogens is 164 g/mol. The zero-order valence-corrected chi connectivity index (χ0v) is 8.37. The van der Waals surface area contributed by atoms with Gasteiger partial charge in [-0.3, -0.25) is 4.79 Å². The number of hydrogen-bond acceptors (Lipinski definition) is 2. The van der Waals surface area contributed by atoms with Gasteiger partial charge in [-0.25, -0.2) is 0 Å². The van der Waals surface area contributed by atoms with E-state index < -0.39 is 0 Å². The summed E-state index contributed by atoms with van der Waals surface area (Å²) < 4.78 is 0. The number of ketones is 1. The second-order valence-corrected chi connectivity index (χ2v) is 4.95. The molecule has 2 heteroatoms. The number of aliphatic hydroxyl groups excluding tert-OH is 1. The van der Waals surface area contributed by atoms with Crippen LogP contribution in [0.2, 0.25) is 0 Å². The van der Waals surface area contributed by atoms with Gasteiger partial charge < -0.3 is 5.11 Å². The Hall–Kier alpha value is -0.790. The summed E-state index contributed by atoms with van der Waals surface area (Å²) in [5, 5.41) is 9.02. The molecule has 13 heavy (non-hydrogen) atoms. The Labute approximate surface area is 78.6 Å². The molecule has 0 radical (unpaired) electrons. The number of allylic oxidation sites excluding steroid dienone is 1. The topological polar surface area (TPSA) is 37.3 Å². The highest BCUT2D eigenvalue weighted by molar-refractivity contribution is 5.99. The number of Topliss-reactive ketones (excluding diaryl/α,β-unsaturated/α-hetero) is 1. The van der Waals surface area contributed by atoms with Gasteiger partial charge in [0.05, 0.1) is 6.26 Å². The van der Waals surface area contributed by atoms with Gasteiger partial charge in [-0.05, 0) is 23.7 Å². The summed E-state index contributed by atoms with van der Waals surface area (Å²) in [5.74, 6) is 1.07. The average Bonchev–Trinajstić information content (AvgIpc) is 2.08. The van der Waals surface area contributed by atoms with E-state index in [4.69, 9.17) is 5.11 Å². The van der Waals surface area contributed by atoms with Crippen LogP contribution in [-0.4, -0.2) is 10.9 Å². The van der Waals surface area contributed by atoms with Gasteiger partial charge in [0.1, 0.15) is 0 Å². The van der Waals surface area contributed by atoms with Gasteiger partial charge in [0, 0.05) is 11.5 Å². The standard InChI is InChI=1S/C11H16O2/c1-6-8-4-9(11(8,2)3)7(5-12)10(6)13/h5-6,8-9,12H,4H2,1-3H3/b7-5+/t6?,8-,9+/m1/s1. The Bertz CT molecular complexity index is 288. The van der Waals surface area contributed by atoms with Gasteiger partial charge in [0.25, 0.3) is 0 Å². The monoisotopic (exact) mass is 180 g/mol. The molecule has 72 valence electrons. The molecule has 0 aromatic rings. The number of carbonyl (C=O) groups is 1. The van der Waals surface area contributed by atoms with Crippen molar-refractivity contribution in [1.29, 1.82) is 0 Å². The van der Waals surface area contributed by atoms with E-state index in [0.717, 1.165) is 12.7 Å². The minimum absolute atomic E-state index is 0.0957. The zero-order valence-electron chi connectivity index (χ0n) is 8.37. The highest BCUT2D eigenvalue weighted by Crippen LogP contribution is 2.61. The molecule has 3 fully saturated rings. The summed E-state index contributed by atoms with van der Waals surface area (Å²) in [6, 6.07) is 0. The third-order valence-corrected chi connectivity index (χ3v) is 4.16. The van der Waals surface area contributed by atoms with E-state index in [2.05, 4.69) is 13.8 Å². The third kappa shape index (κ3) is 0.862. The first-order chi connectivity index (χ1) is 6.00. The largest absolute Gasteiger partial charge is 0.515 e. The molecule has 1 N–H and O–H groups in total. The predicted octanol–water partition coefficient (Wildman–Crippen LogP) is 2.31. The first-order valence-corrected chi connectivity index (χ1v) is 4.88. The van der Waals surface area contributed by atoms with Crippen molar-refractivity contribution in [1.82, 2.24) is 0 Å². The molecule has 0 spiro atoms. The summed E-state index contributed by atoms with van der Waals surface area (Å²) in [6.07, 6.45) is 2.10. The molecule has 0 amide bonds. The molecular formula is C11H16O2. The van der Waals surface area contributed by atoms with Gasteiger partial charge in [-0.2, -0.15) is 0 Å². The van der Waals surface area contributed by atoms with Gasteiger partial charge in [-0.15, -0.1) is 0 Å². The van der Waals surface area contributed by atoms with E-state index in [0.29, 0.717) is 17.4 Å². The second-order valence-electron chi connectivity index (χ2n) is 4.95. The van der Waals surface area contributed by atoms with Crippen LogP contribution in [0.3, 0.4) is 0 Å². The van der Waals surface area contributed by atoms with Crippen LogP contribution < -0.4 is 0 Å². The Kier molecular flexibility index (Phi) is 1.60. The lowest BCUT2D eigenvalue weighted by molar-refractivity contribution is -0.140. The van der Waals surface area contributed by atoms with Crippen LogP contribution in [-0.2, 0) is 4.79 Å². The van der Waals surface area contributed by atoms with E-state index in [9.17, 15) is 4.79 Å². The molecule has 2 bridgehead atoms. The van der Waals surface area contributed by atoms with Crippen molar-refractivity contribution in [3.8, 4) is 0 Å². The zero-order chi connectivity index (χ0) is 9.80. The maximum absolute atomic E-state index is 11.7. The van der Waals surface area contributed by atoms with E-state index in [1.54, 1.807) is 0 Å². The lowest BCUT2D eigenvalue weighted by Gasteiger charge is -2.59. The van der Waals surface area contributed by atoms with Crippen LogP contribution in [0.25, 0.3) is 0 Å². The van der Waals surface area contributed by atoms with Crippen molar-refractivity contribution in [3.05, 3.63) is 11.8 Å². The number of hydrogen-bond donors (Lipinski definition) is 1. The Morgan fingerprint density at radius 3 is 2.62 bits per heavy atom. The first-order valence-electron chi connectivity index (χ1n) is 4.88. The average molecular weight is 180 g/mol. The molecule has 1 unspecified atom stereocenters. The lowest BCUT2D eigenvalue weighted by Crippen LogP contribution is -2.56. The van der Waals surface area contributed by atoms with E-state index in [1.165, 1.54) is 0 Å². The number of rotatable bonds is 0. The first kappa shape index (κ1) is 8.79. The predicted molar refractivity (Wildman–Crippen MR) is 50.3 cm³/mol. The van der Waals surface area contributed by atoms with E-state index in [-0.39, 0.29) is 17.1 Å². The van der Waals surface area contributed by atoms with Gasteiger partial charge in [0.2, 0.25) is 0 Å². The fourth-order valence-electron chi connectivity index (χ4n) is 3.11. The Balaban J connectivity index is 2.39. The molecule has 0 aromatic carbocycles. The lowest BCUT2D eigenvalue weighted by atomic mass is 9.44. The van der Waals surface area contributed by atoms with Crippen molar-refractivity contribution in [2.24, 2.45) is 23.2 Å². The van der Waals surface area contributed by atoms with Crippen LogP contribution >= 0.6 is 0 Å². The SMILES string of the molecule is CC1C(=O)/C(=C/O)[C@@H]2C[C@H]1C2(C)C. The molecule has 0 saturated heterocycles. The molecule has 0 heterocycles. The molecule has 3 rings (SSSR count). The normalized spacial score (nSPS) is 44.7. The number of carbonyl (C=O) groups excluding carboxylic acids is 1. The number of aliphatic hydroxyl groups is 1. The van der Waals surface area contributed by atoms with Gasteiger partial charge in [0.15, 0.2) is 5.78 Å².